The summed E-state index contributed by atoms with van der Waals surface area (Å²) in [5.41, 5.74) is 1.08. The second-order valence-electron chi connectivity index (χ2n) is 5.12. The number of aromatic nitrogens is 1. The summed E-state index contributed by atoms with van der Waals surface area (Å²) < 4.78 is 5.07. The molecule has 1 aromatic heterocycles. The highest BCUT2D eigenvalue weighted by atomic mass is 32.1. The van der Waals surface area contributed by atoms with Crippen LogP contribution in [0.25, 0.3) is 0 Å². The first-order valence-electron chi connectivity index (χ1n) is 6.82. The molecule has 0 aromatic carbocycles. The van der Waals surface area contributed by atoms with Crippen LogP contribution in [0.1, 0.15) is 18.5 Å². The maximum absolute atomic E-state index is 11.7. The third-order valence-electron chi connectivity index (χ3n) is 3.76. The highest BCUT2D eigenvalue weighted by molar-refractivity contribution is 7.13. The first-order valence-corrected chi connectivity index (χ1v) is 7.70. The molecule has 1 atom stereocenters. The van der Waals surface area contributed by atoms with Crippen molar-refractivity contribution >= 4 is 22.4 Å². The molecule has 2 aliphatic rings. The molecular formula is C13H19N3O2S. The lowest BCUT2D eigenvalue weighted by molar-refractivity contribution is -0.142. The maximum atomic E-state index is 11.7. The van der Waals surface area contributed by atoms with Gasteiger partial charge < -0.3 is 9.64 Å². The van der Waals surface area contributed by atoms with Gasteiger partial charge in [0.2, 0.25) is 0 Å². The molecule has 3 rings (SSSR count). The summed E-state index contributed by atoms with van der Waals surface area (Å²) in [6.45, 7) is 6.45. The van der Waals surface area contributed by atoms with Gasteiger partial charge in [-0.2, -0.15) is 0 Å². The summed E-state index contributed by atoms with van der Waals surface area (Å²) in [7, 11) is 0. The second kappa shape index (κ2) is 5.46. The van der Waals surface area contributed by atoms with Gasteiger partial charge in [-0.25, -0.2) is 4.98 Å². The van der Waals surface area contributed by atoms with Gasteiger partial charge in [-0.1, -0.05) is 0 Å². The summed E-state index contributed by atoms with van der Waals surface area (Å²) in [4.78, 5) is 20.8. The van der Waals surface area contributed by atoms with Crippen LogP contribution >= 0.6 is 11.3 Å². The minimum absolute atomic E-state index is 0.0158. The van der Waals surface area contributed by atoms with Crippen LogP contribution in [0.15, 0.2) is 5.38 Å². The number of cyclic esters (lactones) is 1. The molecule has 0 radical (unpaired) electrons. The van der Waals surface area contributed by atoms with Gasteiger partial charge in [0, 0.05) is 38.0 Å². The fraction of sp³-hybridized carbons (Fsp3) is 0.692. The number of thiazole rings is 1. The minimum Gasteiger partial charge on any atom is -0.464 e. The van der Waals surface area contributed by atoms with E-state index in [1.54, 1.807) is 11.3 Å². The molecule has 19 heavy (non-hydrogen) atoms. The number of hydrogen-bond donors (Lipinski definition) is 0. The monoisotopic (exact) mass is 281 g/mol. The summed E-state index contributed by atoms with van der Waals surface area (Å²) in [5.74, 6) is -0.0430. The molecule has 5 nitrogen and oxygen atoms in total. The van der Waals surface area contributed by atoms with Crippen LogP contribution in [-0.2, 0) is 9.53 Å². The molecule has 0 unspecified atom stereocenters. The van der Waals surface area contributed by atoms with Crippen molar-refractivity contribution in [2.75, 3.05) is 37.7 Å². The zero-order valence-corrected chi connectivity index (χ0v) is 12.0. The number of anilines is 1. The van der Waals surface area contributed by atoms with Crippen molar-refractivity contribution in [3.8, 4) is 0 Å². The first-order chi connectivity index (χ1) is 9.24. The molecule has 0 spiro atoms. The molecule has 0 N–H and O–H groups in total. The van der Waals surface area contributed by atoms with Crippen LogP contribution in [0.2, 0.25) is 0 Å². The van der Waals surface area contributed by atoms with Gasteiger partial charge in [-0.15, -0.1) is 11.3 Å². The SMILES string of the molecule is Cc1csc(N2CCCN([C@H]3CCOC3=O)CC2)n1. The quantitative estimate of drug-likeness (QED) is 0.764. The largest absolute Gasteiger partial charge is 0.464 e. The van der Waals surface area contributed by atoms with E-state index < -0.39 is 0 Å². The Balaban J connectivity index is 1.64. The first kappa shape index (κ1) is 12.9. The van der Waals surface area contributed by atoms with Crippen molar-refractivity contribution in [2.45, 2.75) is 25.8 Å². The number of ether oxygens (including phenoxy) is 1. The van der Waals surface area contributed by atoms with Crippen molar-refractivity contribution in [3.05, 3.63) is 11.1 Å². The number of rotatable bonds is 2. The Morgan fingerprint density at radius 3 is 2.95 bits per heavy atom. The van der Waals surface area contributed by atoms with Crippen LogP contribution in [0.3, 0.4) is 0 Å². The third-order valence-corrected chi connectivity index (χ3v) is 4.78. The number of carbonyl (C=O) groups is 1. The zero-order valence-electron chi connectivity index (χ0n) is 11.2. The average Bonchev–Trinajstić information content (AvgIpc) is 2.93. The van der Waals surface area contributed by atoms with Crippen molar-refractivity contribution in [1.82, 2.24) is 9.88 Å². The van der Waals surface area contributed by atoms with Gasteiger partial charge in [0.1, 0.15) is 6.04 Å². The molecule has 6 heteroatoms. The predicted octanol–water partition coefficient (Wildman–Crippen LogP) is 1.28. The Labute approximate surface area is 117 Å². The number of aryl methyl sites for hydroxylation is 1. The number of esters is 1. The van der Waals surface area contributed by atoms with E-state index in [9.17, 15) is 4.79 Å². The fourth-order valence-corrected chi connectivity index (χ4v) is 3.60. The second-order valence-corrected chi connectivity index (χ2v) is 5.96. The topological polar surface area (TPSA) is 45.7 Å². The minimum atomic E-state index is -0.0430. The van der Waals surface area contributed by atoms with Crippen molar-refractivity contribution in [1.29, 1.82) is 0 Å². The smallest absolute Gasteiger partial charge is 0.323 e. The number of hydrogen-bond acceptors (Lipinski definition) is 6. The van der Waals surface area contributed by atoms with E-state index in [2.05, 4.69) is 20.2 Å². The molecular weight excluding hydrogens is 262 g/mol. The van der Waals surface area contributed by atoms with E-state index in [4.69, 9.17) is 4.74 Å². The lowest BCUT2D eigenvalue weighted by atomic mass is 10.2. The molecule has 0 saturated carbocycles. The maximum Gasteiger partial charge on any atom is 0.323 e. The van der Waals surface area contributed by atoms with Crippen molar-refractivity contribution < 1.29 is 9.53 Å². The van der Waals surface area contributed by atoms with Gasteiger partial charge >= 0.3 is 5.97 Å². The molecule has 2 fully saturated rings. The molecule has 0 bridgehead atoms. The molecule has 0 aliphatic carbocycles. The van der Waals surface area contributed by atoms with Crippen LogP contribution in [0.4, 0.5) is 5.13 Å². The molecule has 0 amide bonds. The Morgan fingerprint density at radius 1 is 1.37 bits per heavy atom. The lowest BCUT2D eigenvalue weighted by Crippen LogP contribution is -2.41. The fourth-order valence-electron chi connectivity index (χ4n) is 2.74. The normalized spacial score (nSPS) is 25.4. The summed E-state index contributed by atoms with van der Waals surface area (Å²) in [5, 5.41) is 3.19. The molecule has 2 saturated heterocycles. The lowest BCUT2D eigenvalue weighted by Gasteiger charge is -2.24. The third kappa shape index (κ3) is 2.74. The van der Waals surface area contributed by atoms with Crippen LogP contribution in [0.5, 0.6) is 0 Å². The Kier molecular flexibility index (Phi) is 3.70. The van der Waals surface area contributed by atoms with E-state index in [1.807, 2.05) is 6.92 Å². The summed E-state index contributed by atoms with van der Waals surface area (Å²) in [6, 6.07) is -0.0158. The van der Waals surface area contributed by atoms with E-state index in [0.29, 0.717) is 6.61 Å². The van der Waals surface area contributed by atoms with E-state index in [0.717, 1.165) is 49.8 Å². The van der Waals surface area contributed by atoms with Gasteiger partial charge in [-0.3, -0.25) is 9.69 Å². The van der Waals surface area contributed by atoms with Gasteiger partial charge in [0.15, 0.2) is 5.13 Å². The van der Waals surface area contributed by atoms with Crippen molar-refractivity contribution in [2.24, 2.45) is 0 Å². The molecule has 3 heterocycles. The standard InChI is InChI=1S/C13H19N3O2S/c1-10-9-19-13(14-10)16-5-2-4-15(6-7-16)11-3-8-18-12(11)17/h9,11H,2-8H2,1H3/t11-/m0/s1. The number of carbonyl (C=O) groups excluding carboxylic acids is 1. The van der Waals surface area contributed by atoms with Crippen LogP contribution in [0, 0.1) is 6.92 Å². The summed E-state index contributed by atoms with van der Waals surface area (Å²) in [6.07, 6.45) is 1.91. The summed E-state index contributed by atoms with van der Waals surface area (Å²) >= 11 is 1.70. The molecule has 1 aromatic rings. The van der Waals surface area contributed by atoms with Gasteiger partial charge in [0.05, 0.1) is 12.3 Å². The zero-order chi connectivity index (χ0) is 13.2. The van der Waals surface area contributed by atoms with E-state index in [-0.39, 0.29) is 12.0 Å². The van der Waals surface area contributed by atoms with Crippen molar-refractivity contribution in [3.63, 3.8) is 0 Å². The average molecular weight is 281 g/mol. The highest BCUT2D eigenvalue weighted by Gasteiger charge is 2.33. The molecule has 2 aliphatic heterocycles. The number of nitrogens with zero attached hydrogens (tertiary/aromatic N) is 3. The molecule has 104 valence electrons. The van der Waals surface area contributed by atoms with Gasteiger partial charge in [0.25, 0.3) is 0 Å². The predicted molar refractivity (Wildman–Crippen MR) is 74.6 cm³/mol. The van der Waals surface area contributed by atoms with E-state index in [1.165, 1.54) is 0 Å². The Hall–Kier alpha value is -1.14. The van der Waals surface area contributed by atoms with Crippen LogP contribution in [-0.4, -0.2) is 54.7 Å². The van der Waals surface area contributed by atoms with Crippen LogP contribution < -0.4 is 4.90 Å². The Morgan fingerprint density at radius 2 is 2.26 bits per heavy atom. The Bertz CT molecular complexity index is 462. The van der Waals surface area contributed by atoms with Gasteiger partial charge in [-0.05, 0) is 13.3 Å². The highest BCUT2D eigenvalue weighted by Crippen LogP contribution is 2.23. The van der Waals surface area contributed by atoms with E-state index >= 15 is 0 Å².